The van der Waals surface area contributed by atoms with E-state index in [1.54, 1.807) is 0 Å². The molecule has 2 atom stereocenters. The molecule has 92 valence electrons. The fourth-order valence-electron chi connectivity index (χ4n) is 2.69. The molecule has 0 amide bonds. The molecule has 3 nitrogen and oxygen atoms in total. The van der Waals surface area contributed by atoms with Gasteiger partial charge < -0.3 is 4.90 Å². The summed E-state index contributed by atoms with van der Waals surface area (Å²) in [5.74, 6) is 0.124. The molecule has 3 heteroatoms. The van der Waals surface area contributed by atoms with Crippen molar-refractivity contribution < 1.29 is 0 Å². The van der Waals surface area contributed by atoms with Gasteiger partial charge in [0.05, 0.1) is 23.6 Å². The summed E-state index contributed by atoms with van der Waals surface area (Å²) in [4.78, 5) is 2.19. The van der Waals surface area contributed by atoms with Gasteiger partial charge in [0.2, 0.25) is 0 Å². The Hall–Kier alpha value is -2.00. The first-order chi connectivity index (χ1) is 8.76. The van der Waals surface area contributed by atoms with Crippen LogP contribution in [0.2, 0.25) is 0 Å². The van der Waals surface area contributed by atoms with Crippen LogP contribution in [-0.2, 0) is 0 Å². The van der Waals surface area contributed by atoms with Gasteiger partial charge in [-0.2, -0.15) is 10.5 Å². The Balaban J connectivity index is 2.16. The summed E-state index contributed by atoms with van der Waals surface area (Å²) in [5, 5.41) is 18.0. The van der Waals surface area contributed by atoms with E-state index < -0.39 is 0 Å². The van der Waals surface area contributed by atoms with Crippen molar-refractivity contribution in [3.8, 4) is 12.1 Å². The maximum Gasteiger partial charge on any atom is 0.0991 e. The summed E-state index contributed by atoms with van der Waals surface area (Å²) in [7, 11) is 2.04. The minimum absolute atomic E-state index is 0.124. The third-order valence-corrected chi connectivity index (χ3v) is 3.80. The monoisotopic (exact) mass is 239 g/mol. The average molecular weight is 239 g/mol. The van der Waals surface area contributed by atoms with Gasteiger partial charge in [0.25, 0.3) is 0 Å². The van der Waals surface area contributed by atoms with Gasteiger partial charge in [-0.3, -0.25) is 0 Å². The molecule has 0 radical (unpaired) electrons. The topological polar surface area (TPSA) is 50.8 Å². The lowest BCUT2D eigenvalue weighted by molar-refractivity contribution is 0.358. The molecule has 0 aromatic heterocycles. The third kappa shape index (κ3) is 2.46. The lowest BCUT2D eigenvalue weighted by Gasteiger charge is -2.36. The van der Waals surface area contributed by atoms with Crippen LogP contribution in [0.4, 0.5) is 5.69 Å². The second-order valence-corrected chi connectivity index (χ2v) is 4.86. The molecule has 1 aromatic carbocycles. The number of benzene rings is 1. The molecule has 2 unspecified atom stereocenters. The third-order valence-electron chi connectivity index (χ3n) is 3.80. The first-order valence-corrected chi connectivity index (χ1v) is 6.39. The van der Waals surface area contributed by atoms with Crippen LogP contribution in [0.3, 0.4) is 0 Å². The predicted molar refractivity (Wildman–Crippen MR) is 70.9 cm³/mol. The lowest BCUT2D eigenvalue weighted by Crippen LogP contribution is -2.39. The average Bonchev–Trinajstić information content (AvgIpc) is 2.46. The van der Waals surface area contributed by atoms with Gasteiger partial charge >= 0.3 is 0 Å². The zero-order valence-electron chi connectivity index (χ0n) is 10.6. The summed E-state index contributed by atoms with van der Waals surface area (Å²) in [6.07, 6.45) is 4.44. The van der Waals surface area contributed by atoms with Gasteiger partial charge in [-0.1, -0.05) is 12.8 Å². The van der Waals surface area contributed by atoms with E-state index in [1.807, 2.05) is 31.3 Å². The van der Waals surface area contributed by atoms with Gasteiger partial charge in [0.15, 0.2) is 0 Å². The van der Waals surface area contributed by atoms with Crippen LogP contribution in [0.5, 0.6) is 0 Å². The quantitative estimate of drug-likeness (QED) is 0.797. The lowest BCUT2D eigenvalue weighted by atomic mass is 9.84. The normalized spacial score (nSPS) is 22.8. The van der Waals surface area contributed by atoms with E-state index >= 15 is 0 Å². The van der Waals surface area contributed by atoms with Crippen molar-refractivity contribution in [2.45, 2.75) is 31.7 Å². The maximum atomic E-state index is 9.22. The zero-order valence-corrected chi connectivity index (χ0v) is 10.6. The van der Waals surface area contributed by atoms with Crippen LogP contribution in [0, 0.1) is 28.6 Å². The van der Waals surface area contributed by atoms with Crippen LogP contribution >= 0.6 is 0 Å². The summed E-state index contributed by atoms with van der Waals surface area (Å²) >= 11 is 0. The van der Waals surface area contributed by atoms with E-state index in [0.29, 0.717) is 11.6 Å². The fraction of sp³-hybridized carbons (Fsp3) is 0.467. The predicted octanol–water partition coefficient (Wildman–Crippen LogP) is 3.08. The molecule has 0 N–H and O–H groups in total. The molecule has 1 saturated carbocycles. The Bertz CT molecular complexity index is 478. The van der Waals surface area contributed by atoms with E-state index in [2.05, 4.69) is 17.0 Å². The van der Waals surface area contributed by atoms with Gasteiger partial charge in [-0.25, -0.2) is 0 Å². The van der Waals surface area contributed by atoms with Gasteiger partial charge in [0.1, 0.15) is 0 Å². The van der Waals surface area contributed by atoms with Crippen molar-refractivity contribution >= 4 is 5.69 Å². The standard InChI is InChI=1S/C15H17N3/c1-18(14-8-6-12(10-16)7-9-14)15-5-3-2-4-13(15)11-17/h6-9,13,15H,2-5H2,1H3. The second kappa shape index (κ2) is 5.56. The van der Waals surface area contributed by atoms with E-state index in [4.69, 9.17) is 5.26 Å². The maximum absolute atomic E-state index is 9.22. The molecule has 0 aliphatic heterocycles. The minimum atomic E-state index is 0.124. The highest BCUT2D eigenvalue weighted by molar-refractivity contribution is 5.50. The molecular weight excluding hydrogens is 222 g/mol. The zero-order chi connectivity index (χ0) is 13.0. The Morgan fingerprint density at radius 1 is 1.11 bits per heavy atom. The van der Waals surface area contributed by atoms with Crippen molar-refractivity contribution in [2.24, 2.45) is 5.92 Å². The Labute approximate surface area is 108 Å². The molecule has 18 heavy (non-hydrogen) atoms. The van der Waals surface area contributed by atoms with Crippen LogP contribution in [0.15, 0.2) is 24.3 Å². The van der Waals surface area contributed by atoms with Gasteiger partial charge in [0, 0.05) is 18.8 Å². The van der Waals surface area contributed by atoms with E-state index in [9.17, 15) is 5.26 Å². The first-order valence-electron chi connectivity index (χ1n) is 6.39. The molecule has 1 fully saturated rings. The Morgan fingerprint density at radius 3 is 2.39 bits per heavy atom. The summed E-state index contributed by atoms with van der Waals surface area (Å²) < 4.78 is 0. The molecule has 1 aromatic rings. The first kappa shape index (κ1) is 12.5. The van der Waals surface area contributed by atoms with Gasteiger partial charge in [-0.15, -0.1) is 0 Å². The number of rotatable bonds is 2. The number of nitriles is 2. The molecule has 0 heterocycles. The van der Waals surface area contributed by atoms with Crippen molar-refractivity contribution in [1.82, 2.24) is 0 Å². The SMILES string of the molecule is CN(c1ccc(C#N)cc1)C1CCCCC1C#N. The number of anilines is 1. The molecule has 2 rings (SSSR count). The smallest absolute Gasteiger partial charge is 0.0991 e. The molecule has 0 bridgehead atoms. The number of hydrogen-bond acceptors (Lipinski definition) is 3. The van der Waals surface area contributed by atoms with Crippen LogP contribution in [0.25, 0.3) is 0 Å². The van der Waals surface area contributed by atoms with Crippen molar-refractivity contribution in [2.75, 3.05) is 11.9 Å². The van der Waals surface area contributed by atoms with Crippen LogP contribution in [0.1, 0.15) is 31.2 Å². The van der Waals surface area contributed by atoms with Crippen molar-refractivity contribution in [3.05, 3.63) is 29.8 Å². The Kier molecular flexibility index (Phi) is 3.85. The highest BCUT2D eigenvalue weighted by Gasteiger charge is 2.28. The second-order valence-electron chi connectivity index (χ2n) is 4.86. The summed E-state index contributed by atoms with van der Waals surface area (Å²) in [5.41, 5.74) is 1.76. The number of hydrogen-bond donors (Lipinski definition) is 0. The van der Waals surface area contributed by atoms with Crippen molar-refractivity contribution in [1.29, 1.82) is 10.5 Å². The van der Waals surface area contributed by atoms with Crippen molar-refractivity contribution in [3.63, 3.8) is 0 Å². The van der Waals surface area contributed by atoms with Gasteiger partial charge in [-0.05, 0) is 37.1 Å². The molecule has 1 aliphatic carbocycles. The minimum Gasteiger partial charge on any atom is -0.370 e. The summed E-state index contributed by atoms with van der Waals surface area (Å²) in [6, 6.07) is 12.4. The number of nitrogens with zero attached hydrogens (tertiary/aromatic N) is 3. The van der Waals surface area contributed by atoms with E-state index in [0.717, 1.165) is 24.9 Å². The van der Waals surface area contributed by atoms with E-state index in [-0.39, 0.29) is 5.92 Å². The largest absolute Gasteiger partial charge is 0.370 e. The highest BCUT2D eigenvalue weighted by Crippen LogP contribution is 2.30. The molecule has 1 aliphatic rings. The highest BCUT2D eigenvalue weighted by atomic mass is 15.1. The summed E-state index contributed by atoms with van der Waals surface area (Å²) in [6.45, 7) is 0. The fourth-order valence-corrected chi connectivity index (χ4v) is 2.69. The van der Waals surface area contributed by atoms with Crippen LogP contribution in [-0.4, -0.2) is 13.1 Å². The Morgan fingerprint density at radius 2 is 1.78 bits per heavy atom. The molecule has 0 saturated heterocycles. The van der Waals surface area contributed by atoms with Crippen LogP contribution < -0.4 is 4.90 Å². The van der Waals surface area contributed by atoms with E-state index in [1.165, 1.54) is 6.42 Å². The molecular formula is C15H17N3. The molecule has 0 spiro atoms.